The smallest absolute Gasteiger partial charge is 0.408 e. The lowest BCUT2D eigenvalue weighted by Crippen LogP contribution is -2.53. The summed E-state index contributed by atoms with van der Waals surface area (Å²) in [6, 6.07) is 15.7. The topological polar surface area (TPSA) is 108 Å². The molecule has 3 N–H and O–H groups in total. The third kappa shape index (κ3) is 11.9. The van der Waals surface area contributed by atoms with Crippen LogP contribution in [0.2, 0.25) is 5.02 Å². The van der Waals surface area contributed by atoms with Crippen LogP contribution in [0.25, 0.3) is 0 Å². The molecule has 3 aromatic rings. The SMILES string of the molecule is CCCCCCCCN(C(=O)C(Cc1ccc(O)cc1)NC(=O)OC(C)(C)C)C(C(=O)Nc1c(C)cccc1Cl)c1cc(C)cc(C)c1. The molecule has 0 saturated carbocycles. The molecule has 0 saturated heterocycles. The molecule has 3 rings (SSSR count). The van der Waals surface area contributed by atoms with Gasteiger partial charge in [0.25, 0.3) is 5.91 Å². The maximum absolute atomic E-state index is 14.9. The molecule has 0 bridgehead atoms. The summed E-state index contributed by atoms with van der Waals surface area (Å²) in [5, 5.41) is 16.1. The van der Waals surface area contributed by atoms with Crippen LogP contribution in [0.1, 0.15) is 100 Å². The highest BCUT2D eigenvalue weighted by Gasteiger charge is 2.37. The molecule has 3 amide bonds. The number of nitrogens with zero attached hydrogens (tertiary/aromatic N) is 1. The minimum atomic E-state index is -1.06. The molecule has 0 spiro atoms. The van der Waals surface area contributed by atoms with E-state index in [2.05, 4.69) is 17.6 Å². The van der Waals surface area contributed by atoms with Gasteiger partial charge < -0.3 is 25.4 Å². The molecule has 8 nitrogen and oxygen atoms in total. The number of ether oxygens (including phenoxy) is 1. The zero-order chi connectivity index (χ0) is 35.4. The van der Waals surface area contributed by atoms with Crippen LogP contribution in [0.3, 0.4) is 0 Å². The van der Waals surface area contributed by atoms with Crippen molar-refractivity contribution in [2.45, 2.75) is 111 Å². The highest BCUT2D eigenvalue weighted by atomic mass is 35.5. The first kappa shape index (κ1) is 38.4. The van der Waals surface area contributed by atoms with Gasteiger partial charge in [-0.15, -0.1) is 0 Å². The Hall–Kier alpha value is -4.04. The number of rotatable bonds is 15. The number of hydrogen-bond donors (Lipinski definition) is 3. The van der Waals surface area contributed by atoms with E-state index in [0.29, 0.717) is 29.2 Å². The third-order valence-electron chi connectivity index (χ3n) is 7.99. The first-order valence-corrected chi connectivity index (χ1v) is 17.3. The number of para-hydroxylation sites is 1. The van der Waals surface area contributed by atoms with Gasteiger partial charge in [0.15, 0.2) is 0 Å². The van der Waals surface area contributed by atoms with E-state index < -0.39 is 35.6 Å². The number of aryl methyl sites for hydroxylation is 3. The van der Waals surface area contributed by atoms with E-state index in [1.807, 2.05) is 51.1 Å². The Morgan fingerprint density at radius 1 is 0.896 bits per heavy atom. The van der Waals surface area contributed by atoms with Crippen molar-refractivity contribution < 1.29 is 24.2 Å². The Kier molecular flexibility index (Phi) is 14.3. The van der Waals surface area contributed by atoms with Crippen molar-refractivity contribution in [1.82, 2.24) is 10.2 Å². The predicted octanol–water partition coefficient (Wildman–Crippen LogP) is 8.98. The molecule has 2 atom stereocenters. The lowest BCUT2D eigenvalue weighted by atomic mass is 9.96. The monoisotopic (exact) mass is 677 g/mol. The standard InChI is InChI=1S/C39H52ClN3O5/c1-8-9-10-11-12-13-21-43(37(46)33(41-38(47)48-39(5,6)7)25-29-17-19-31(44)20-18-29)35(30-23-26(2)22-27(3)24-30)36(45)42-34-28(4)15-14-16-32(34)40/h14-20,22-24,33,35,44H,8-13,21,25H2,1-7H3,(H,41,47)(H,42,45). The number of carbonyl (C=O) groups excluding carboxylic acids is 3. The average Bonchev–Trinajstić information content (AvgIpc) is 2.99. The fraction of sp³-hybridized carbons (Fsp3) is 0.462. The molecule has 0 aliphatic rings. The van der Waals surface area contributed by atoms with Crippen molar-refractivity contribution in [3.63, 3.8) is 0 Å². The average molecular weight is 678 g/mol. The predicted molar refractivity (Wildman–Crippen MR) is 194 cm³/mol. The zero-order valence-corrected chi connectivity index (χ0v) is 30.2. The first-order chi connectivity index (χ1) is 22.7. The van der Waals surface area contributed by atoms with Gasteiger partial charge in [-0.3, -0.25) is 9.59 Å². The van der Waals surface area contributed by atoms with E-state index in [4.69, 9.17) is 16.3 Å². The molecule has 0 heterocycles. The minimum Gasteiger partial charge on any atom is -0.508 e. The molecule has 0 radical (unpaired) electrons. The summed E-state index contributed by atoms with van der Waals surface area (Å²) in [5.41, 5.74) is 3.78. The second-order valence-electron chi connectivity index (χ2n) is 13.6. The van der Waals surface area contributed by atoms with Crippen LogP contribution in [0.4, 0.5) is 10.5 Å². The summed E-state index contributed by atoms with van der Waals surface area (Å²) in [5.74, 6) is -0.735. The van der Waals surface area contributed by atoms with Crippen molar-refractivity contribution in [2.75, 3.05) is 11.9 Å². The highest BCUT2D eigenvalue weighted by Crippen LogP contribution is 2.31. The van der Waals surface area contributed by atoms with E-state index >= 15 is 0 Å². The number of amides is 3. The van der Waals surface area contributed by atoms with Gasteiger partial charge in [-0.1, -0.05) is 104 Å². The van der Waals surface area contributed by atoms with Crippen LogP contribution < -0.4 is 10.6 Å². The van der Waals surface area contributed by atoms with Gasteiger partial charge in [-0.05, 0) is 82.9 Å². The Morgan fingerprint density at radius 3 is 2.12 bits per heavy atom. The van der Waals surface area contributed by atoms with Crippen LogP contribution in [0.15, 0.2) is 60.7 Å². The third-order valence-corrected chi connectivity index (χ3v) is 8.31. The second kappa shape index (κ2) is 17.9. The van der Waals surface area contributed by atoms with E-state index in [1.165, 1.54) is 12.1 Å². The van der Waals surface area contributed by atoms with Crippen LogP contribution in [-0.2, 0) is 20.7 Å². The van der Waals surface area contributed by atoms with Crippen LogP contribution in [-0.4, -0.2) is 46.1 Å². The molecular weight excluding hydrogens is 626 g/mol. The Labute approximate surface area is 291 Å². The molecule has 0 aliphatic carbocycles. The van der Waals surface area contributed by atoms with Gasteiger partial charge in [0.05, 0.1) is 10.7 Å². The quantitative estimate of drug-likeness (QED) is 0.139. The number of phenols is 1. The Bertz CT molecular complexity index is 1490. The number of carbonyl (C=O) groups is 3. The van der Waals surface area contributed by atoms with Gasteiger partial charge in [0, 0.05) is 13.0 Å². The van der Waals surface area contributed by atoms with E-state index in [1.54, 1.807) is 43.9 Å². The summed E-state index contributed by atoms with van der Waals surface area (Å²) < 4.78 is 5.57. The number of phenolic OH excluding ortho intramolecular Hbond substituents is 1. The molecule has 0 fully saturated rings. The van der Waals surface area contributed by atoms with Crippen LogP contribution in [0.5, 0.6) is 5.75 Å². The molecule has 0 aliphatic heterocycles. The van der Waals surface area contributed by atoms with E-state index in [0.717, 1.165) is 54.4 Å². The maximum Gasteiger partial charge on any atom is 0.408 e. The van der Waals surface area contributed by atoms with E-state index in [9.17, 15) is 19.5 Å². The normalized spacial score (nSPS) is 12.6. The van der Waals surface area contributed by atoms with Crippen LogP contribution in [0, 0.1) is 20.8 Å². The van der Waals surface area contributed by atoms with Crippen molar-refractivity contribution in [3.05, 3.63) is 93.5 Å². The van der Waals surface area contributed by atoms with Gasteiger partial charge in [-0.2, -0.15) is 0 Å². The summed E-state index contributed by atoms with van der Waals surface area (Å²) in [6.07, 6.45) is 5.32. The number of nitrogens with one attached hydrogen (secondary N) is 2. The molecule has 9 heteroatoms. The number of aromatic hydroxyl groups is 1. The summed E-state index contributed by atoms with van der Waals surface area (Å²) in [6.45, 7) is 13.5. The van der Waals surface area contributed by atoms with Gasteiger partial charge in [0.1, 0.15) is 23.4 Å². The van der Waals surface area contributed by atoms with Crippen molar-refractivity contribution >= 4 is 35.2 Å². The fourth-order valence-corrected chi connectivity index (χ4v) is 6.04. The number of alkyl carbamates (subject to hydrolysis) is 1. The molecule has 2 unspecified atom stereocenters. The van der Waals surface area contributed by atoms with Gasteiger partial charge in [0.2, 0.25) is 5.91 Å². The number of halogens is 1. The molecule has 3 aromatic carbocycles. The lowest BCUT2D eigenvalue weighted by molar-refractivity contribution is -0.140. The van der Waals surface area contributed by atoms with E-state index in [-0.39, 0.29) is 12.2 Å². The highest BCUT2D eigenvalue weighted by molar-refractivity contribution is 6.34. The minimum absolute atomic E-state index is 0.0906. The number of unbranched alkanes of at least 4 members (excludes halogenated alkanes) is 5. The number of anilines is 1. The largest absolute Gasteiger partial charge is 0.508 e. The second-order valence-corrected chi connectivity index (χ2v) is 14.0. The molecule has 260 valence electrons. The fourth-order valence-electron chi connectivity index (χ4n) is 5.77. The summed E-state index contributed by atoms with van der Waals surface area (Å²) >= 11 is 6.55. The van der Waals surface area contributed by atoms with Crippen molar-refractivity contribution in [3.8, 4) is 5.75 Å². The number of benzene rings is 3. The maximum atomic E-state index is 14.9. The van der Waals surface area contributed by atoms with Crippen LogP contribution >= 0.6 is 11.6 Å². The zero-order valence-electron chi connectivity index (χ0n) is 29.5. The van der Waals surface area contributed by atoms with Gasteiger partial charge in [-0.25, -0.2) is 4.79 Å². The summed E-state index contributed by atoms with van der Waals surface area (Å²) in [4.78, 5) is 44.1. The molecular formula is C39H52ClN3O5. The molecule has 48 heavy (non-hydrogen) atoms. The van der Waals surface area contributed by atoms with Crippen molar-refractivity contribution in [1.29, 1.82) is 0 Å². The van der Waals surface area contributed by atoms with Gasteiger partial charge >= 0.3 is 6.09 Å². The summed E-state index contributed by atoms with van der Waals surface area (Å²) in [7, 11) is 0. The van der Waals surface area contributed by atoms with Crippen molar-refractivity contribution in [2.24, 2.45) is 0 Å². The first-order valence-electron chi connectivity index (χ1n) is 16.9. The lowest BCUT2D eigenvalue weighted by Gasteiger charge is -2.35. The Balaban J connectivity index is 2.12. The molecule has 0 aromatic heterocycles. The number of hydrogen-bond acceptors (Lipinski definition) is 5. The Morgan fingerprint density at radius 2 is 1.52 bits per heavy atom.